The van der Waals surface area contributed by atoms with Crippen molar-refractivity contribution in [2.75, 3.05) is 18.1 Å². The van der Waals surface area contributed by atoms with Gasteiger partial charge in [0.2, 0.25) is 5.91 Å². The summed E-state index contributed by atoms with van der Waals surface area (Å²) in [6, 6.07) is 10.6. The van der Waals surface area contributed by atoms with Crippen LogP contribution in [0.2, 0.25) is 0 Å². The highest BCUT2D eigenvalue weighted by Gasteiger charge is 2.49. The first-order valence-electron chi connectivity index (χ1n) is 9.41. The van der Waals surface area contributed by atoms with E-state index in [2.05, 4.69) is 0 Å². The normalized spacial score (nSPS) is 19.5. The molecule has 2 amide bonds. The number of alkyl halides is 2. The SMILES string of the molecule is CC(F)(F)c1ccc(CN2C(=O)CN(c3ccc(C#N)cc3F)C(=O)C2(C)CO)cc1. The molecule has 6 nitrogen and oxygen atoms in total. The number of piperazine rings is 1. The Labute approximate surface area is 177 Å². The van der Waals surface area contributed by atoms with Crippen LogP contribution >= 0.6 is 0 Å². The van der Waals surface area contributed by atoms with Crippen LogP contribution in [0.25, 0.3) is 0 Å². The van der Waals surface area contributed by atoms with E-state index in [-0.39, 0.29) is 23.4 Å². The van der Waals surface area contributed by atoms with Crippen LogP contribution < -0.4 is 4.90 Å². The Kier molecular flexibility index (Phi) is 5.79. The minimum atomic E-state index is -3.01. The van der Waals surface area contributed by atoms with Crippen molar-refractivity contribution in [1.82, 2.24) is 4.90 Å². The summed E-state index contributed by atoms with van der Waals surface area (Å²) in [5.74, 6) is -5.11. The van der Waals surface area contributed by atoms with Crippen LogP contribution in [0.3, 0.4) is 0 Å². The van der Waals surface area contributed by atoms with E-state index < -0.39 is 42.2 Å². The van der Waals surface area contributed by atoms with E-state index in [1.165, 1.54) is 43.3 Å². The van der Waals surface area contributed by atoms with Gasteiger partial charge in [0.05, 0.1) is 23.9 Å². The van der Waals surface area contributed by atoms with Gasteiger partial charge in [-0.05, 0) is 30.7 Å². The molecule has 2 aromatic rings. The van der Waals surface area contributed by atoms with Crippen LogP contribution in [0.4, 0.5) is 18.9 Å². The fourth-order valence-corrected chi connectivity index (χ4v) is 3.46. The Morgan fingerprint density at radius 2 is 1.84 bits per heavy atom. The third-order valence-electron chi connectivity index (χ3n) is 5.37. The molecule has 1 fully saturated rings. The third kappa shape index (κ3) is 4.11. The fraction of sp³-hybridized carbons (Fsp3) is 0.318. The number of carbonyl (C=O) groups is 2. The molecule has 1 N–H and O–H groups in total. The first kappa shape index (κ1) is 22.3. The number of hydrogen-bond acceptors (Lipinski definition) is 4. The molecule has 0 bridgehead atoms. The summed E-state index contributed by atoms with van der Waals surface area (Å²) in [6.07, 6.45) is 0. The lowest BCUT2D eigenvalue weighted by Gasteiger charge is -2.46. The first-order valence-corrected chi connectivity index (χ1v) is 9.41. The van der Waals surface area contributed by atoms with E-state index in [1.807, 2.05) is 0 Å². The fourth-order valence-electron chi connectivity index (χ4n) is 3.46. The van der Waals surface area contributed by atoms with Gasteiger partial charge in [0.1, 0.15) is 17.9 Å². The number of benzene rings is 2. The second kappa shape index (κ2) is 8.04. The molecule has 0 spiro atoms. The van der Waals surface area contributed by atoms with Crippen molar-refractivity contribution in [3.8, 4) is 6.07 Å². The number of nitrogens with zero attached hydrogens (tertiary/aromatic N) is 3. The van der Waals surface area contributed by atoms with Gasteiger partial charge in [-0.3, -0.25) is 14.5 Å². The zero-order valence-corrected chi connectivity index (χ0v) is 16.9. The van der Waals surface area contributed by atoms with Gasteiger partial charge >= 0.3 is 0 Å². The van der Waals surface area contributed by atoms with E-state index in [9.17, 15) is 27.9 Å². The van der Waals surface area contributed by atoms with Gasteiger partial charge in [0.15, 0.2) is 0 Å². The summed E-state index contributed by atoms with van der Waals surface area (Å²) in [5, 5.41) is 18.9. The molecule has 0 aliphatic carbocycles. The van der Waals surface area contributed by atoms with Gasteiger partial charge in [-0.1, -0.05) is 24.3 Å². The van der Waals surface area contributed by atoms with E-state index in [0.717, 1.165) is 22.8 Å². The average Bonchev–Trinajstić information content (AvgIpc) is 2.73. The van der Waals surface area contributed by atoms with Crippen LogP contribution in [-0.2, 0) is 22.1 Å². The van der Waals surface area contributed by atoms with E-state index in [1.54, 1.807) is 6.07 Å². The second-order valence-electron chi connectivity index (χ2n) is 7.67. The molecular weight excluding hydrogens is 411 g/mol. The van der Waals surface area contributed by atoms with Crippen molar-refractivity contribution in [1.29, 1.82) is 5.26 Å². The zero-order chi connectivity index (χ0) is 23.0. The molecule has 1 aliphatic heterocycles. The molecule has 1 aliphatic rings. The van der Waals surface area contributed by atoms with Crippen LogP contribution in [0, 0.1) is 17.1 Å². The van der Waals surface area contributed by atoms with Gasteiger partial charge in [0.25, 0.3) is 11.8 Å². The molecule has 31 heavy (non-hydrogen) atoms. The minimum Gasteiger partial charge on any atom is -0.393 e. The summed E-state index contributed by atoms with van der Waals surface area (Å²) >= 11 is 0. The lowest BCUT2D eigenvalue weighted by molar-refractivity contribution is -0.153. The van der Waals surface area contributed by atoms with Gasteiger partial charge in [-0.2, -0.15) is 5.26 Å². The summed E-state index contributed by atoms with van der Waals surface area (Å²) in [5.41, 5.74) is -1.50. The van der Waals surface area contributed by atoms with Gasteiger partial charge in [-0.15, -0.1) is 0 Å². The molecule has 1 unspecified atom stereocenters. The quantitative estimate of drug-likeness (QED) is 0.789. The molecule has 9 heteroatoms. The largest absolute Gasteiger partial charge is 0.393 e. The minimum absolute atomic E-state index is 0.0599. The smallest absolute Gasteiger partial charge is 0.270 e. The summed E-state index contributed by atoms with van der Waals surface area (Å²) in [4.78, 5) is 28.1. The molecule has 2 aromatic carbocycles. The predicted octanol–water partition coefficient (Wildman–Crippen LogP) is 2.94. The molecule has 3 rings (SSSR count). The van der Waals surface area contributed by atoms with Crippen molar-refractivity contribution >= 4 is 17.5 Å². The molecule has 1 atom stereocenters. The van der Waals surface area contributed by atoms with Crippen molar-refractivity contribution in [2.45, 2.75) is 31.9 Å². The maximum absolute atomic E-state index is 14.5. The second-order valence-corrected chi connectivity index (χ2v) is 7.67. The van der Waals surface area contributed by atoms with Crippen molar-refractivity contribution in [2.24, 2.45) is 0 Å². The van der Waals surface area contributed by atoms with Crippen LogP contribution in [-0.4, -0.2) is 40.5 Å². The Hall–Kier alpha value is -3.38. The number of amides is 2. The molecule has 1 heterocycles. The van der Waals surface area contributed by atoms with Gasteiger partial charge < -0.3 is 10.0 Å². The topological polar surface area (TPSA) is 84.6 Å². The average molecular weight is 431 g/mol. The highest BCUT2D eigenvalue weighted by molar-refractivity contribution is 6.09. The van der Waals surface area contributed by atoms with Crippen LogP contribution in [0.5, 0.6) is 0 Å². The first-order chi connectivity index (χ1) is 14.5. The lowest BCUT2D eigenvalue weighted by Crippen LogP contribution is -2.68. The Morgan fingerprint density at radius 3 is 2.35 bits per heavy atom. The summed E-state index contributed by atoms with van der Waals surface area (Å²) in [7, 11) is 0. The van der Waals surface area contributed by atoms with E-state index in [0.29, 0.717) is 5.56 Å². The molecule has 0 aromatic heterocycles. The third-order valence-corrected chi connectivity index (χ3v) is 5.37. The maximum atomic E-state index is 14.5. The molecule has 0 saturated carbocycles. The lowest BCUT2D eigenvalue weighted by atomic mass is 9.93. The number of aliphatic hydroxyl groups is 1. The summed E-state index contributed by atoms with van der Waals surface area (Å²) in [6.45, 7) is 0.838. The molecular formula is C22H20F3N3O3. The number of hydrogen-bond donors (Lipinski definition) is 1. The Bertz CT molecular complexity index is 1060. The Balaban J connectivity index is 1.91. The number of nitriles is 1. The van der Waals surface area contributed by atoms with Crippen LogP contribution in [0.15, 0.2) is 42.5 Å². The number of halogens is 3. The highest BCUT2D eigenvalue weighted by atomic mass is 19.3. The van der Waals surface area contributed by atoms with E-state index in [4.69, 9.17) is 5.26 Å². The highest BCUT2D eigenvalue weighted by Crippen LogP contribution is 2.32. The number of rotatable bonds is 5. The number of anilines is 1. The van der Waals surface area contributed by atoms with Crippen molar-refractivity contribution in [3.63, 3.8) is 0 Å². The van der Waals surface area contributed by atoms with E-state index >= 15 is 0 Å². The standard InChI is InChI=1S/C22H20F3N3O3/c1-21(13-29)20(31)27(18-8-5-15(10-26)9-17(18)23)12-19(30)28(21)11-14-3-6-16(7-4-14)22(2,24)25/h3-9,29H,11-13H2,1-2H3. The predicted molar refractivity (Wildman–Crippen MR) is 106 cm³/mol. The van der Waals surface area contributed by atoms with Gasteiger partial charge in [0, 0.05) is 19.0 Å². The summed E-state index contributed by atoms with van der Waals surface area (Å²) < 4.78 is 41.3. The number of aliphatic hydroxyl groups excluding tert-OH is 1. The van der Waals surface area contributed by atoms with Crippen LogP contribution in [0.1, 0.15) is 30.5 Å². The Morgan fingerprint density at radius 1 is 1.19 bits per heavy atom. The molecule has 162 valence electrons. The maximum Gasteiger partial charge on any atom is 0.270 e. The monoisotopic (exact) mass is 431 g/mol. The zero-order valence-electron chi connectivity index (χ0n) is 16.9. The van der Waals surface area contributed by atoms with Crippen molar-refractivity contribution in [3.05, 3.63) is 65.0 Å². The number of carbonyl (C=O) groups excluding carboxylic acids is 2. The molecule has 0 radical (unpaired) electrons. The van der Waals surface area contributed by atoms with Gasteiger partial charge in [-0.25, -0.2) is 13.2 Å². The van der Waals surface area contributed by atoms with Crippen molar-refractivity contribution < 1.29 is 27.9 Å². The molecule has 1 saturated heterocycles.